The Kier molecular flexibility index (Phi) is 4.26. The van der Waals surface area contributed by atoms with Gasteiger partial charge in [0.2, 0.25) is 5.79 Å². The molecule has 2 atom stereocenters. The molecule has 1 aromatic heterocycles. The Balaban J connectivity index is 1.83. The minimum absolute atomic E-state index is 0.0286. The van der Waals surface area contributed by atoms with Crippen LogP contribution in [0.4, 0.5) is 18.9 Å². The summed E-state index contributed by atoms with van der Waals surface area (Å²) in [7, 11) is 1.49. The highest BCUT2D eigenvalue weighted by molar-refractivity contribution is 5.76. The third-order valence-corrected chi connectivity index (χ3v) is 3.81. The molecule has 2 saturated heterocycles. The number of fused-ring (bicyclic) bond motifs is 2. The van der Waals surface area contributed by atoms with Crippen LogP contribution in [0.3, 0.4) is 0 Å². The first-order valence-electron chi connectivity index (χ1n) is 7.24. The van der Waals surface area contributed by atoms with E-state index in [1.165, 1.54) is 13.3 Å². The molecular formula is C14H16F3N3O4. The van der Waals surface area contributed by atoms with Gasteiger partial charge in [-0.15, -0.1) is 0 Å². The third-order valence-electron chi connectivity index (χ3n) is 3.81. The van der Waals surface area contributed by atoms with E-state index in [9.17, 15) is 18.0 Å². The maximum atomic E-state index is 12.6. The normalized spacial score (nSPS) is 26.8. The Bertz CT molecular complexity index is 628. The van der Waals surface area contributed by atoms with Crippen molar-refractivity contribution in [1.82, 2.24) is 10.3 Å². The largest absolute Gasteiger partial charge is 0.495 e. The number of anilines is 1. The lowest BCUT2D eigenvalue weighted by Gasteiger charge is -2.49. The molecule has 0 spiro atoms. The predicted octanol–water partition coefficient (Wildman–Crippen LogP) is 0.700. The Morgan fingerprint density at radius 2 is 2.29 bits per heavy atom. The van der Waals surface area contributed by atoms with Crippen LogP contribution in [0.5, 0.6) is 5.75 Å². The summed E-state index contributed by atoms with van der Waals surface area (Å²) < 4.78 is 53.0. The SMILES string of the molecule is COc1cncc(N2CC3CNCC(OC(=O)C(F)(F)F)(C2)O3)c1. The van der Waals surface area contributed by atoms with E-state index >= 15 is 0 Å². The van der Waals surface area contributed by atoms with Crippen molar-refractivity contribution >= 4 is 11.7 Å². The lowest BCUT2D eigenvalue weighted by atomic mass is 10.1. The van der Waals surface area contributed by atoms with E-state index in [1.807, 2.05) is 0 Å². The second kappa shape index (κ2) is 6.10. The minimum Gasteiger partial charge on any atom is -0.495 e. The zero-order chi connectivity index (χ0) is 17.4. The van der Waals surface area contributed by atoms with E-state index in [4.69, 9.17) is 9.47 Å². The zero-order valence-corrected chi connectivity index (χ0v) is 12.8. The molecule has 0 aliphatic carbocycles. The molecule has 24 heavy (non-hydrogen) atoms. The van der Waals surface area contributed by atoms with Crippen LogP contribution >= 0.6 is 0 Å². The van der Waals surface area contributed by atoms with Crippen molar-refractivity contribution in [3.05, 3.63) is 18.5 Å². The van der Waals surface area contributed by atoms with E-state index in [0.29, 0.717) is 24.5 Å². The molecular weight excluding hydrogens is 331 g/mol. The fraction of sp³-hybridized carbons (Fsp3) is 0.571. The van der Waals surface area contributed by atoms with E-state index in [2.05, 4.69) is 15.0 Å². The van der Waals surface area contributed by atoms with Crippen LogP contribution in [0.25, 0.3) is 0 Å². The van der Waals surface area contributed by atoms with E-state index < -0.39 is 24.0 Å². The number of alkyl halides is 3. The predicted molar refractivity (Wildman–Crippen MR) is 75.6 cm³/mol. The van der Waals surface area contributed by atoms with Gasteiger partial charge in [-0.25, -0.2) is 4.79 Å². The quantitative estimate of drug-likeness (QED) is 0.807. The summed E-state index contributed by atoms with van der Waals surface area (Å²) in [5, 5.41) is 2.94. The number of carbonyl (C=O) groups is 1. The maximum Gasteiger partial charge on any atom is 0.491 e. The molecule has 2 aliphatic rings. The van der Waals surface area contributed by atoms with Gasteiger partial charge in [0.1, 0.15) is 5.75 Å². The summed E-state index contributed by atoms with van der Waals surface area (Å²) in [6, 6.07) is 1.71. The van der Waals surface area contributed by atoms with Gasteiger partial charge in [0.15, 0.2) is 0 Å². The van der Waals surface area contributed by atoms with Crippen molar-refractivity contribution in [2.75, 3.05) is 38.2 Å². The Hall–Kier alpha value is -2.07. The van der Waals surface area contributed by atoms with Crippen LogP contribution in [-0.4, -0.2) is 62.3 Å². The summed E-state index contributed by atoms with van der Waals surface area (Å²) in [5.41, 5.74) is 0.650. The molecule has 1 aromatic rings. The fourth-order valence-electron chi connectivity index (χ4n) is 2.81. The summed E-state index contributed by atoms with van der Waals surface area (Å²) in [4.78, 5) is 17.1. The van der Waals surface area contributed by atoms with Crippen LogP contribution < -0.4 is 15.0 Å². The summed E-state index contributed by atoms with van der Waals surface area (Å²) >= 11 is 0. The monoisotopic (exact) mass is 347 g/mol. The van der Waals surface area contributed by atoms with Crippen molar-refractivity contribution in [3.63, 3.8) is 0 Å². The number of morpholine rings is 2. The van der Waals surface area contributed by atoms with Crippen molar-refractivity contribution in [3.8, 4) is 5.75 Å². The van der Waals surface area contributed by atoms with Gasteiger partial charge < -0.3 is 24.4 Å². The summed E-state index contributed by atoms with van der Waals surface area (Å²) in [6.07, 6.45) is -2.41. The number of aromatic nitrogens is 1. The molecule has 2 unspecified atom stereocenters. The Labute approximate surface area is 135 Å². The first-order valence-corrected chi connectivity index (χ1v) is 7.24. The highest BCUT2D eigenvalue weighted by Gasteiger charge is 2.52. The minimum atomic E-state index is -5.08. The average molecular weight is 347 g/mol. The summed E-state index contributed by atoms with van der Waals surface area (Å²) in [6.45, 7) is 0.790. The molecule has 0 saturated carbocycles. The Morgan fingerprint density at radius 1 is 1.50 bits per heavy atom. The molecule has 1 N–H and O–H groups in total. The van der Waals surface area contributed by atoms with Gasteiger partial charge in [0.05, 0.1) is 44.4 Å². The number of rotatable bonds is 3. The lowest BCUT2D eigenvalue weighted by molar-refractivity contribution is -0.284. The van der Waals surface area contributed by atoms with Crippen molar-refractivity contribution in [2.45, 2.75) is 18.1 Å². The number of esters is 1. The number of halogens is 3. The van der Waals surface area contributed by atoms with Crippen LogP contribution in [0.2, 0.25) is 0 Å². The lowest BCUT2D eigenvalue weighted by Crippen LogP contribution is -2.68. The number of hydrogen-bond donors (Lipinski definition) is 1. The number of methoxy groups -OCH3 is 1. The van der Waals surface area contributed by atoms with Gasteiger partial charge in [-0.1, -0.05) is 0 Å². The molecule has 0 amide bonds. The zero-order valence-electron chi connectivity index (χ0n) is 12.8. The molecule has 0 aromatic carbocycles. The average Bonchev–Trinajstić information content (AvgIpc) is 2.53. The maximum absolute atomic E-state index is 12.6. The van der Waals surface area contributed by atoms with E-state index in [-0.39, 0.29) is 13.1 Å². The number of ether oxygens (including phenoxy) is 3. The molecule has 132 valence electrons. The van der Waals surface area contributed by atoms with Crippen molar-refractivity contribution in [1.29, 1.82) is 0 Å². The number of hydrogen-bond acceptors (Lipinski definition) is 7. The summed E-state index contributed by atoms with van der Waals surface area (Å²) in [5.74, 6) is -3.45. The van der Waals surface area contributed by atoms with Crippen molar-refractivity contribution < 1.29 is 32.2 Å². The Morgan fingerprint density at radius 3 is 3.00 bits per heavy atom. The highest BCUT2D eigenvalue weighted by Crippen LogP contribution is 2.32. The second-order valence-electron chi connectivity index (χ2n) is 5.63. The highest BCUT2D eigenvalue weighted by atomic mass is 19.4. The third kappa shape index (κ3) is 3.39. The van der Waals surface area contributed by atoms with Gasteiger partial charge in [-0.3, -0.25) is 4.98 Å². The molecule has 2 bridgehead atoms. The molecule has 3 heterocycles. The van der Waals surface area contributed by atoms with Crippen LogP contribution in [-0.2, 0) is 14.3 Å². The molecule has 2 aliphatic heterocycles. The fourth-order valence-corrected chi connectivity index (χ4v) is 2.81. The molecule has 3 rings (SSSR count). The molecule has 2 fully saturated rings. The number of nitrogens with zero attached hydrogens (tertiary/aromatic N) is 2. The van der Waals surface area contributed by atoms with Gasteiger partial charge >= 0.3 is 12.1 Å². The number of nitrogens with one attached hydrogen (secondary N) is 1. The smallest absolute Gasteiger partial charge is 0.491 e. The second-order valence-corrected chi connectivity index (χ2v) is 5.63. The number of pyridine rings is 1. The van der Waals surface area contributed by atoms with Gasteiger partial charge in [0.25, 0.3) is 0 Å². The standard InChI is InChI=1S/C14H16F3N3O4/c1-22-10-2-9(3-18-4-10)20-6-11-5-19-7-13(8-20,23-11)24-12(21)14(15,16)17/h2-4,11,19H,5-8H2,1H3. The molecule has 10 heteroatoms. The van der Waals surface area contributed by atoms with Crippen LogP contribution in [0, 0.1) is 0 Å². The first kappa shape index (κ1) is 16.8. The van der Waals surface area contributed by atoms with Crippen LogP contribution in [0.1, 0.15) is 0 Å². The van der Waals surface area contributed by atoms with Crippen LogP contribution in [0.15, 0.2) is 18.5 Å². The molecule has 0 radical (unpaired) electrons. The van der Waals surface area contributed by atoms with Gasteiger partial charge in [0, 0.05) is 19.2 Å². The van der Waals surface area contributed by atoms with Crippen molar-refractivity contribution in [2.24, 2.45) is 0 Å². The first-order chi connectivity index (χ1) is 11.3. The number of carbonyl (C=O) groups excluding carboxylic acids is 1. The molecule has 7 nitrogen and oxygen atoms in total. The van der Waals surface area contributed by atoms with E-state index in [0.717, 1.165) is 0 Å². The van der Waals surface area contributed by atoms with E-state index in [1.54, 1.807) is 17.2 Å². The van der Waals surface area contributed by atoms with Gasteiger partial charge in [-0.2, -0.15) is 13.2 Å². The topological polar surface area (TPSA) is 72.9 Å². The van der Waals surface area contributed by atoms with Gasteiger partial charge in [-0.05, 0) is 0 Å².